The first-order chi connectivity index (χ1) is 11.8. The van der Waals surface area contributed by atoms with Crippen LogP contribution in [0.1, 0.15) is 18.0 Å². The van der Waals surface area contributed by atoms with Gasteiger partial charge in [-0.05, 0) is 18.2 Å². The Labute approximate surface area is 143 Å². The van der Waals surface area contributed by atoms with Gasteiger partial charge in [-0.1, -0.05) is 12.1 Å². The molecule has 1 aliphatic heterocycles. The standard InChI is InChI=1S/C16H15FN2O5S/c1-25(22,23)10-5-6-14(15(9-10)19(20)21)18-13-7-8-24-16-11(13)3-2-4-12(16)17/h2-6,9,13,18H,7-8H2,1H3/t13-/m0/s1. The third-order valence-corrected chi connectivity index (χ3v) is 5.06. The van der Waals surface area contributed by atoms with Gasteiger partial charge in [-0.3, -0.25) is 10.1 Å². The van der Waals surface area contributed by atoms with Gasteiger partial charge < -0.3 is 10.1 Å². The van der Waals surface area contributed by atoms with Crippen molar-refractivity contribution in [3.8, 4) is 5.75 Å². The molecule has 2 aromatic rings. The zero-order valence-corrected chi connectivity index (χ0v) is 14.0. The molecule has 1 N–H and O–H groups in total. The summed E-state index contributed by atoms with van der Waals surface area (Å²) in [5, 5.41) is 14.3. The van der Waals surface area contributed by atoms with Crippen LogP contribution in [0.2, 0.25) is 0 Å². The molecule has 0 aliphatic carbocycles. The monoisotopic (exact) mass is 366 g/mol. The normalized spacial score (nSPS) is 16.6. The van der Waals surface area contributed by atoms with Gasteiger partial charge in [-0.15, -0.1) is 0 Å². The second-order valence-corrected chi connectivity index (χ2v) is 7.72. The van der Waals surface area contributed by atoms with Crippen LogP contribution in [0.25, 0.3) is 0 Å². The highest BCUT2D eigenvalue weighted by Gasteiger charge is 2.27. The Hall–Kier alpha value is -2.68. The maximum Gasteiger partial charge on any atom is 0.293 e. The largest absolute Gasteiger partial charge is 0.490 e. The van der Waals surface area contributed by atoms with E-state index in [2.05, 4.69) is 5.32 Å². The third-order valence-electron chi connectivity index (χ3n) is 3.95. The second kappa shape index (κ2) is 6.32. The number of nitrogens with one attached hydrogen (secondary N) is 1. The van der Waals surface area contributed by atoms with Crippen LogP contribution in [-0.2, 0) is 9.84 Å². The van der Waals surface area contributed by atoms with E-state index in [-0.39, 0.29) is 34.7 Å². The van der Waals surface area contributed by atoms with Gasteiger partial charge in [-0.25, -0.2) is 12.8 Å². The van der Waals surface area contributed by atoms with Crippen LogP contribution >= 0.6 is 0 Å². The van der Waals surface area contributed by atoms with Crippen molar-refractivity contribution in [1.82, 2.24) is 0 Å². The molecule has 2 aromatic carbocycles. The molecule has 1 aliphatic rings. The Morgan fingerprint density at radius 2 is 2.08 bits per heavy atom. The third kappa shape index (κ3) is 3.41. The van der Waals surface area contributed by atoms with Gasteiger partial charge in [0, 0.05) is 24.3 Å². The molecule has 0 saturated carbocycles. The minimum atomic E-state index is -3.56. The van der Waals surface area contributed by atoms with Gasteiger partial charge in [0.25, 0.3) is 5.69 Å². The van der Waals surface area contributed by atoms with E-state index in [9.17, 15) is 22.9 Å². The first-order valence-electron chi connectivity index (χ1n) is 7.43. The van der Waals surface area contributed by atoms with Crippen molar-refractivity contribution >= 4 is 21.2 Å². The molecule has 7 nitrogen and oxygen atoms in total. The summed E-state index contributed by atoms with van der Waals surface area (Å²) in [6, 6.07) is 7.79. The average Bonchev–Trinajstić information content (AvgIpc) is 2.55. The number of rotatable bonds is 4. The summed E-state index contributed by atoms with van der Waals surface area (Å²) in [6.45, 7) is 0.265. The first kappa shape index (κ1) is 17.2. The van der Waals surface area contributed by atoms with Crippen LogP contribution < -0.4 is 10.1 Å². The molecule has 0 bridgehead atoms. The summed E-state index contributed by atoms with van der Waals surface area (Å²) in [6.07, 6.45) is 1.47. The highest BCUT2D eigenvalue weighted by Crippen LogP contribution is 2.38. The summed E-state index contributed by atoms with van der Waals surface area (Å²) >= 11 is 0. The highest BCUT2D eigenvalue weighted by molar-refractivity contribution is 7.90. The van der Waals surface area contributed by atoms with Crippen LogP contribution in [0.3, 0.4) is 0 Å². The fraction of sp³-hybridized carbons (Fsp3) is 0.250. The predicted molar refractivity (Wildman–Crippen MR) is 89.1 cm³/mol. The number of ether oxygens (including phenoxy) is 1. The van der Waals surface area contributed by atoms with Crippen molar-refractivity contribution in [3.63, 3.8) is 0 Å². The Bertz CT molecular complexity index is 946. The van der Waals surface area contributed by atoms with Crippen molar-refractivity contribution in [1.29, 1.82) is 0 Å². The van der Waals surface area contributed by atoms with E-state index in [1.54, 1.807) is 12.1 Å². The molecule has 0 fully saturated rings. The number of nitro benzene ring substituents is 1. The number of halogens is 1. The molecule has 3 rings (SSSR count). The lowest BCUT2D eigenvalue weighted by Crippen LogP contribution is -2.21. The number of benzene rings is 2. The zero-order valence-electron chi connectivity index (χ0n) is 13.2. The lowest BCUT2D eigenvalue weighted by molar-refractivity contribution is -0.384. The molecule has 1 heterocycles. The molecule has 0 aromatic heterocycles. The molecule has 25 heavy (non-hydrogen) atoms. The van der Waals surface area contributed by atoms with Gasteiger partial charge in [0.05, 0.1) is 22.5 Å². The van der Waals surface area contributed by atoms with Gasteiger partial charge in [0.15, 0.2) is 21.4 Å². The van der Waals surface area contributed by atoms with E-state index in [4.69, 9.17) is 4.74 Å². The second-order valence-electron chi connectivity index (χ2n) is 5.70. The number of hydrogen-bond acceptors (Lipinski definition) is 6. The van der Waals surface area contributed by atoms with E-state index >= 15 is 0 Å². The fourth-order valence-electron chi connectivity index (χ4n) is 2.74. The van der Waals surface area contributed by atoms with Crippen molar-refractivity contribution in [2.75, 3.05) is 18.2 Å². The van der Waals surface area contributed by atoms with Gasteiger partial charge in [0.1, 0.15) is 5.69 Å². The van der Waals surface area contributed by atoms with Crippen LogP contribution in [0.4, 0.5) is 15.8 Å². The summed E-state index contributed by atoms with van der Waals surface area (Å²) in [5.41, 5.74) is 0.375. The number of anilines is 1. The smallest absolute Gasteiger partial charge is 0.293 e. The summed E-state index contributed by atoms with van der Waals surface area (Å²) in [5.74, 6) is -0.368. The van der Waals surface area contributed by atoms with E-state index < -0.39 is 20.6 Å². The Morgan fingerprint density at radius 3 is 2.76 bits per heavy atom. The quantitative estimate of drug-likeness (QED) is 0.659. The van der Waals surface area contributed by atoms with Gasteiger partial charge >= 0.3 is 0 Å². The highest BCUT2D eigenvalue weighted by atomic mass is 32.2. The number of nitro groups is 1. The average molecular weight is 366 g/mol. The molecule has 0 amide bonds. The van der Waals surface area contributed by atoms with Gasteiger partial charge in [0.2, 0.25) is 0 Å². The maximum absolute atomic E-state index is 13.8. The molecular weight excluding hydrogens is 351 g/mol. The number of fused-ring (bicyclic) bond motifs is 1. The van der Waals surface area contributed by atoms with Crippen molar-refractivity contribution < 1.29 is 22.5 Å². The van der Waals surface area contributed by atoms with Crippen LogP contribution in [0, 0.1) is 15.9 Å². The molecule has 0 saturated heterocycles. The Kier molecular flexibility index (Phi) is 4.34. The number of sulfone groups is 1. The van der Waals surface area contributed by atoms with Crippen molar-refractivity contribution in [2.45, 2.75) is 17.4 Å². The van der Waals surface area contributed by atoms with Crippen LogP contribution in [0.5, 0.6) is 5.75 Å². The number of para-hydroxylation sites is 1. The van der Waals surface area contributed by atoms with E-state index in [1.165, 1.54) is 18.2 Å². The van der Waals surface area contributed by atoms with Crippen LogP contribution in [0.15, 0.2) is 41.3 Å². The lowest BCUT2D eigenvalue weighted by atomic mass is 10.00. The zero-order chi connectivity index (χ0) is 18.2. The van der Waals surface area contributed by atoms with E-state index in [1.807, 2.05) is 0 Å². The Morgan fingerprint density at radius 1 is 1.32 bits per heavy atom. The van der Waals surface area contributed by atoms with Gasteiger partial charge in [-0.2, -0.15) is 0 Å². The SMILES string of the molecule is CS(=O)(=O)c1ccc(N[C@H]2CCOc3c(F)cccc32)c([N+](=O)[O-])c1. The predicted octanol–water partition coefficient (Wildman–Crippen LogP) is 3.07. The summed E-state index contributed by atoms with van der Waals surface area (Å²) in [7, 11) is -3.56. The number of nitrogens with zero attached hydrogens (tertiary/aromatic N) is 1. The topological polar surface area (TPSA) is 98.5 Å². The summed E-state index contributed by atoms with van der Waals surface area (Å²) < 4.78 is 42.4. The Balaban J connectivity index is 2.00. The van der Waals surface area contributed by atoms with E-state index in [0.29, 0.717) is 12.0 Å². The molecule has 9 heteroatoms. The molecular formula is C16H15FN2O5S. The minimum Gasteiger partial charge on any atom is -0.490 e. The number of hydrogen-bond donors (Lipinski definition) is 1. The first-order valence-corrected chi connectivity index (χ1v) is 9.33. The molecule has 0 spiro atoms. The van der Waals surface area contributed by atoms with E-state index in [0.717, 1.165) is 12.3 Å². The van der Waals surface area contributed by atoms with Crippen LogP contribution in [-0.4, -0.2) is 26.2 Å². The van der Waals surface area contributed by atoms with Crippen molar-refractivity contribution in [3.05, 3.63) is 57.9 Å². The lowest BCUT2D eigenvalue weighted by Gasteiger charge is -2.27. The summed E-state index contributed by atoms with van der Waals surface area (Å²) in [4.78, 5) is 10.5. The fourth-order valence-corrected chi connectivity index (χ4v) is 3.38. The minimum absolute atomic E-state index is 0.127. The molecule has 0 unspecified atom stereocenters. The molecule has 0 radical (unpaired) electrons. The maximum atomic E-state index is 13.8. The van der Waals surface area contributed by atoms with Crippen molar-refractivity contribution in [2.24, 2.45) is 0 Å². The molecule has 132 valence electrons. The molecule has 1 atom stereocenters.